The molecule has 1 saturated carbocycles. The van der Waals surface area contributed by atoms with Crippen LogP contribution in [0.2, 0.25) is 0 Å². The highest BCUT2D eigenvalue weighted by Gasteiger charge is 2.33. The Morgan fingerprint density at radius 3 is 2.47 bits per heavy atom. The van der Waals surface area contributed by atoms with Gasteiger partial charge < -0.3 is 5.32 Å². The van der Waals surface area contributed by atoms with Gasteiger partial charge in [-0.2, -0.15) is 0 Å². The molecule has 0 heterocycles. The Kier molecular flexibility index (Phi) is 3.57. The number of benzene rings is 1. The quantitative estimate of drug-likeness (QED) is 0.872. The summed E-state index contributed by atoms with van der Waals surface area (Å²) < 4.78 is 35.7. The monoisotopic (exact) mass is 305 g/mol. The third kappa shape index (κ3) is 3.25. The number of hydrogen-bond acceptors (Lipinski definition) is 3. The molecule has 0 bridgehead atoms. The van der Waals surface area contributed by atoms with E-state index in [4.69, 9.17) is 10.7 Å². The van der Waals surface area contributed by atoms with Crippen LogP contribution in [0.3, 0.4) is 0 Å². The van der Waals surface area contributed by atoms with Gasteiger partial charge in [-0.3, -0.25) is 4.79 Å². The van der Waals surface area contributed by atoms with Crippen LogP contribution in [-0.2, 0) is 9.05 Å². The van der Waals surface area contributed by atoms with Crippen molar-refractivity contribution in [2.45, 2.75) is 36.6 Å². The minimum absolute atomic E-state index is 0.0487. The van der Waals surface area contributed by atoms with Crippen LogP contribution in [0.5, 0.6) is 0 Å². The molecule has 0 radical (unpaired) electrons. The average Bonchev–Trinajstić information content (AvgIpc) is 2.24. The number of amides is 1. The van der Waals surface area contributed by atoms with Crippen LogP contribution >= 0.6 is 10.7 Å². The predicted octanol–water partition coefficient (Wildman–Crippen LogP) is 2.43. The van der Waals surface area contributed by atoms with Gasteiger partial charge in [0.2, 0.25) is 0 Å². The van der Waals surface area contributed by atoms with Crippen molar-refractivity contribution in [1.82, 2.24) is 5.32 Å². The lowest BCUT2D eigenvalue weighted by atomic mass is 9.78. The molecule has 1 aromatic carbocycles. The first kappa shape index (κ1) is 14.3. The second-order valence-electron chi connectivity index (χ2n) is 4.98. The molecule has 4 nitrogen and oxygen atoms in total. The summed E-state index contributed by atoms with van der Waals surface area (Å²) in [6, 6.07) is 2.84. The van der Waals surface area contributed by atoms with Crippen LogP contribution in [-0.4, -0.2) is 19.9 Å². The lowest BCUT2D eigenvalue weighted by molar-refractivity contribution is 0.0849. The number of halogens is 2. The summed E-state index contributed by atoms with van der Waals surface area (Å²) in [6.45, 7) is 1.90. The largest absolute Gasteiger partial charge is 0.347 e. The fraction of sp³-hybridized carbons (Fsp3) is 0.417. The fourth-order valence-corrected chi connectivity index (χ4v) is 2.80. The van der Waals surface area contributed by atoms with Gasteiger partial charge in [-0.25, -0.2) is 12.8 Å². The second kappa shape index (κ2) is 4.76. The molecule has 2 rings (SSSR count). The van der Waals surface area contributed by atoms with Gasteiger partial charge in [0.25, 0.3) is 15.0 Å². The van der Waals surface area contributed by atoms with E-state index in [0.29, 0.717) is 0 Å². The number of hydrogen-bond donors (Lipinski definition) is 1. The third-order valence-electron chi connectivity index (χ3n) is 3.29. The lowest BCUT2D eigenvalue weighted by Gasteiger charge is -2.39. The van der Waals surface area contributed by atoms with E-state index >= 15 is 0 Å². The first-order valence-electron chi connectivity index (χ1n) is 5.77. The van der Waals surface area contributed by atoms with E-state index in [1.165, 1.54) is 0 Å². The zero-order valence-corrected chi connectivity index (χ0v) is 11.8. The van der Waals surface area contributed by atoms with Crippen LogP contribution in [0.1, 0.15) is 36.5 Å². The van der Waals surface area contributed by atoms with Crippen molar-refractivity contribution in [3.05, 3.63) is 29.6 Å². The van der Waals surface area contributed by atoms with Gasteiger partial charge in [0.15, 0.2) is 0 Å². The van der Waals surface area contributed by atoms with Gasteiger partial charge in [-0.15, -0.1) is 0 Å². The van der Waals surface area contributed by atoms with Crippen molar-refractivity contribution in [1.29, 1.82) is 0 Å². The number of carbonyl (C=O) groups is 1. The van der Waals surface area contributed by atoms with Crippen LogP contribution in [0, 0.1) is 5.82 Å². The van der Waals surface area contributed by atoms with Crippen LogP contribution in [0.25, 0.3) is 0 Å². The van der Waals surface area contributed by atoms with Crippen molar-refractivity contribution in [3.63, 3.8) is 0 Å². The van der Waals surface area contributed by atoms with Gasteiger partial charge >= 0.3 is 0 Å². The number of carbonyl (C=O) groups excluding carboxylic acids is 1. The second-order valence-corrected chi connectivity index (χ2v) is 7.55. The topological polar surface area (TPSA) is 63.2 Å². The molecule has 0 spiro atoms. The molecule has 7 heteroatoms. The van der Waals surface area contributed by atoms with Crippen LogP contribution in [0.15, 0.2) is 23.1 Å². The van der Waals surface area contributed by atoms with Crippen molar-refractivity contribution in [2.24, 2.45) is 0 Å². The number of rotatable bonds is 3. The minimum Gasteiger partial charge on any atom is -0.347 e. The molecule has 1 N–H and O–H groups in total. The first-order valence-corrected chi connectivity index (χ1v) is 8.08. The number of nitrogens with one attached hydrogen (secondary N) is 1. The van der Waals surface area contributed by atoms with E-state index < -0.39 is 25.7 Å². The Labute approximate surface area is 115 Å². The van der Waals surface area contributed by atoms with Crippen LogP contribution in [0.4, 0.5) is 4.39 Å². The Morgan fingerprint density at radius 1 is 1.37 bits per heavy atom. The van der Waals surface area contributed by atoms with Gasteiger partial charge in [0.05, 0.1) is 4.90 Å². The van der Waals surface area contributed by atoms with E-state index in [0.717, 1.165) is 37.5 Å². The molecule has 1 aromatic rings. The average molecular weight is 306 g/mol. The first-order chi connectivity index (χ1) is 8.70. The van der Waals surface area contributed by atoms with Gasteiger partial charge in [-0.05, 0) is 44.4 Å². The normalized spacial score (nSPS) is 17.6. The molecule has 104 valence electrons. The molecule has 19 heavy (non-hydrogen) atoms. The van der Waals surface area contributed by atoms with E-state index in [-0.39, 0.29) is 11.1 Å². The molecular formula is C12H13ClFNO3S. The highest BCUT2D eigenvalue weighted by molar-refractivity contribution is 8.13. The molecule has 0 unspecified atom stereocenters. The summed E-state index contributed by atoms with van der Waals surface area (Å²) in [5.74, 6) is -1.31. The van der Waals surface area contributed by atoms with E-state index in [2.05, 4.69) is 5.32 Å². The van der Waals surface area contributed by atoms with E-state index in [1.54, 1.807) is 0 Å². The van der Waals surface area contributed by atoms with Crippen LogP contribution < -0.4 is 5.32 Å². The van der Waals surface area contributed by atoms with E-state index in [1.807, 2.05) is 6.92 Å². The maximum atomic E-state index is 13.3. The molecule has 0 aliphatic heterocycles. The summed E-state index contributed by atoms with van der Waals surface area (Å²) in [6.07, 6.45) is 2.74. The molecule has 0 aromatic heterocycles. The minimum atomic E-state index is -4.06. The van der Waals surface area contributed by atoms with Gasteiger partial charge in [-0.1, -0.05) is 0 Å². The van der Waals surface area contributed by atoms with Crippen molar-refractivity contribution >= 4 is 25.6 Å². The maximum absolute atomic E-state index is 13.3. The van der Waals surface area contributed by atoms with Crippen molar-refractivity contribution in [3.8, 4) is 0 Å². The Hall–Kier alpha value is -1.14. The SMILES string of the molecule is CC1(NC(=O)c2cc(F)cc(S(=O)(=O)Cl)c2)CCC1. The van der Waals surface area contributed by atoms with Crippen molar-refractivity contribution in [2.75, 3.05) is 0 Å². The van der Waals surface area contributed by atoms with Crippen molar-refractivity contribution < 1.29 is 17.6 Å². The summed E-state index contributed by atoms with van der Waals surface area (Å²) in [5, 5.41) is 2.77. The molecule has 0 atom stereocenters. The lowest BCUT2D eigenvalue weighted by Crippen LogP contribution is -2.50. The highest BCUT2D eigenvalue weighted by Crippen LogP contribution is 2.31. The molecule has 1 aliphatic rings. The summed E-state index contributed by atoms with van der Waals surface area (Å²) in [4.78, 5) is 11.6. The summed E-state index contributed by atoms with van der Waals surface area (Å²) in [7, 11) is 1.09. The molecule has 1 amide bonds. The summed E-state index contributed by atoms with van der Waals surface area (Å²) >= 11 is 0. The van der Waals surface area contributed by atoms with Gasteiger partial charge in [0.1, 0.15) is 5.82 Å². The summed E-state index contributed by atoms with van der Waals surface area (Å²) in [5.41, 5.74) is -0.337. The Morgan fingerprint density at radius 2 is 2.00 bits per heavy atom. The fourth-order valence-electron chi connectivity index (χ4n) is 2.01. The smallest absolute Gasteiger partial charge is 0.261 e. The molecular weight excluding hydrogens is 293 g/mol. The highest BCUT2D eigenvalue weighted by atomic mass is 35.7. The predicted molar refractivity (Wildman–Crippen MR) is 69.2 cm³/mol. The Bertz CT molecular complexity index is 626. The van der Waals surface area contributed by atoms with E-state index in [9.17, 15) is 17.6 Å². The molecule has 0 saturated heterocycles. The third-order valence-corrected chi connectivity index (χ3v) is 4.62. The molecule has 1 fully saturated rings. The Balaban J connectivity index is 2.29. The zero-order chi connectivity index (χ0) is 14.3. The maximum Gasteiger partial charge on any atom is 0.261 e. The molecule has 1 aliphatic carbocycles. The van der Waals surface area contributed by atoms with Gasteiger partial charge in [0, 0.05) is 21.8 Å². The zero-order valence-electron chi connectivity index (χ0n) is 10.2. The standard InChI is InChI=1S/C12H13ClFNO3S/c1-12(3-2-4-12)15-11(16)8-5-9(14)7-10(6-8)19(13,17)18/h5-7H,2-4H2,1H3,(H,15,16).